The lowest BCUT2D eigenvalue weighted by Gasteiger charge is -2.13. The van der Waals surface area contributed by atoms with E-state index in [1.165, 1.54) is 0 Å². The number of benzene rings is 2. The third kappa shape index (κ3) is 2.36. The maximum atomic E-state index is 12.6. The molecule has 3 aromatic rings. The molecule has 0 bridgehead atoms. The molecule has 3 rings (SSSR count). The number of rotatable bonds is 2. The topological polar surface area (TPSA) is 17.1 Å². The minimum Gasteiger partial charge on any atom is -0.319 e. The van der Waals surface area contributed by atoms with Gasteiger partial charge < -0.3 is 4.57 Å². The van der Waals surface area contributed by atoms with Crippen molar-refractivity contribution < 1.29 is 4.57 Å². The number of hydrogen-bond donors (Lipinski definition) is 0. The summed E-state index contributed by atoms with van der Waals surface area (Å²) in [6.07, 6.45) is 0. The molecule has 1 nitrogen and oxygen atoms in total. The second-order valence-electron chi connectivity index (χ2n) is 5.29. The van der Waals surface area contributed by atoms with E-state index < -0.39 is 7.14 Å². The van der Waals surface area contributed by atoms with Crippen LogP contribution >= 0.6 is 7.14 Å². The van der Waals surface area contributed by atoms with E-state index in [0.717, 1.165) is 27.2 Å². The standard InChI is InChI=1S/C18H15OP/c1-20(2,19)18-13-16(14-8-4-3-5-9-14)12-15-10-6-7-11-17(15)18/h4,6-13H,1-2H3. The fraction of sp³-hybridized carbons (Fsp3) is 0.111. The van der Waals surface area contributed by atoms with Gasteiger partial charge in [-0.25, -0.2) is 0 Å². The number of fused-ring (bicyclic) bond motifs is 1. The summed E-state index contributed by atoms with van der Waals surface area (Å²) in [6.45, 7) is 3.65. The summed E-state index contributed by atoms with van der Waals surface area (Å²) in [7, 11) is -2.33. The molecular weight excluding hydrogens is 263 g/mol. The van der Waals surface area contributed by atoms with Crippen LogP contribution in [0.5, 0.6) is 0 Å². The molecule has 0 N–H and O–H groups in total. The van der Waals surface area contributed by atoms with Crippen molar-refractivity contribution in [1.82, 2.24) is 0 Å². The van der Waals surface area contributed by atoms with Gasteiger partial charge >= 0.3 is 0 Å². The highest BCUT2D eigenvalue weighted by Gasteiger charge is 2.16. The third-order valence-electron chi connectivity index (χ3n) is 3.41. The van der Waals surface area contributed by atoms with Crippen LogP contribution in [0.15, 0.2) is 54.6 Å². The predicted molar refractivity (Wildman–Crippen MR) is 86.1 cm³/mol. The van der Waals surface area contributed by atoms with E-state index in [2.05, 4.69) is 24.3 Å². The van der Waals surface area contributed by atoms with Crippen molar-refractivity contribution >= 4 is 23.2 Å². The van der Waals surface area contributed by atoms with Gasteiger partial charge in [-0.2, -0.15) is 0 Å². The van der Waals surface area contributed by atoms with Crippen molar-refractivity contribution in [3.8, 4) is 11.1 Å². The molecule has 0 fully saturated rings. The molecule has 0 aliphatic carbocycles. The van der Waals surface area contributed by atoms with Gasteiger partial charge in [0, 0.05) is 5.30 Å². The van der Waals surface area contributed by atoms with Crippen LogP contribution in [-0.4, -0.2) is 13.3 Å². The molecule has 98 valence electrons. The van der Waals surface area contributed by atoms with Crippen molar-refractivity contribution in [2.75, 3.05) is 13.3 Å². The summed E-state index contributed by atoms with van der Waals surface area (Å²) in [5.41, 5.74) is 2.15. The minimum absolute atomic E-state index is 0.943. The highest BCUT2D eigenvalue weighted by molar-refractivity contribution is 7.70. The fourth-order valence-corrected chi connectivity index (χ4v) is 3.66. The molecule has 0 aromatic heterocycles. The zero-order valence-electron chi connectivity index (χ0n) is 11.6. The Morgan fingerprint density at radius 1 is 0.950 bits per heavy atom. The average Bonchev–Trinajstić information content (AvgIpc) is 2.46. The van der Waals surface area contributed by atoms with Gasteiger partial charge in [-0.05, 0) is 65.6 Å². The molecule has 0 radical (unpaired) electrons. The minimum atomic E-state index is -2.33. The Morgan fingerprint density at radius 3 is 2.45 bits per heavy atom. The molecule has 0 saturated heterocycles. The van der Waals surface area contributed by atoms with E-state index in [-0.39, 0.29) is 0 Å². The van der Waals surface area contributed by atoms with Crippen LogP contribution in [0.4, 0.5) is 0 Å². The molecule has 0 unspecified atom stereocenters. The maximum Gasteiger partial charge on any atom is 0.110 e. The molecule has 0 spiro atoms. The van der Waals surface area contributed by atoms with Gasteiger partial charge in [-0.1, -0.05) is 36.4 Å². The second-order valence-corrected chi connectivity index (χ2v) is 8.47. The normalized spacial score (nSPS) is 11.3. The van der Waals surface area contributed by atoms with Gasteiger partial charge in [-0.3, -0.25) is 0 Å². The summed E-state index contributed by atoms with van der Waals surface area (Å²) in [5, 5.41) is 3.14. The van der Waals surface area contributed by atoms with Crippen molar-refractivity contribution in [3.05, 3.63) is 66.7 Å². The van der Waals surface area contributed by atoms with E-state index in [0.29, 0.717) is 0 Å². The Kier molecular flexibility index (Phi) is 3.13. The zero-order valence-corrected chi connectivity index (χ0v) is 12.4. The van der Waals surface area contributed by atoms with Crippen molar-refractivity contribution in [2.45, 2.75) is 0 Å². The lowest BCUT2D eigenvalue weighted by atomic mass is 10.0. The van der Waals surface area contributed by atoms with Crippen LogP contribution in [-0.2, 0) is 4.57 Å². The van der Waals surface area contributed by atoms with E-state index in [4.69, 9.17) is 0 Å². The van der Waals surface area contributed by atoms with Gasteiger partial charge in [0.1, 0.15) is 7.14 Å². The Hall–Kier alpha value is -2.03. The summed E-state index contributed by atoms with van der Waals surface area (Å²) in [4.78, 5) is 0. The first-order valence-corrected chi connectivity index (χ1v) is 9.12. The van der Waals surface area contributed by atoms with E-state index in [1.54, 1.807) is 0 Å². The van der Waals surface area contributed by atoms with E-state index in [1.807, 2.05) is 55.8 Å². The van der Waals surface area contributed by atoms with Crippen LogP contribution in [0.1, 0.15) is 0 Å². The summed E-state index contributed by atoms with van der Waals surface area (Å²) < 4.78 is 12.6. The van der Waals surface area contributed by atoms with Crippen LogP contribution < -0.4 is 5.30 Å². The highest BCUT2D eigenvalue weighted by Crippen LogP contribution is 2.39. The van der Waals surface area contributed by atoms with Crippen LogP contribution in [0.3, 0.4) is 0 Å². The molecule has 20 heavy (non-hydrogen) atoms. The third-order valence-corrected chi connectivity index (χ3v) is 4.94. The molecule has 3 aromatic carbocycles. The smallest absolute Gasteiger partial charge is 0.110 e. The molecule has 0 atom stereocenters. The van der Waals surface area contributed by atoms with E-state index in [9.17, 15) is 4.57 Å². The SMILES string of the molecule is CP(C)(=O)c1cc(-c2cc#ccc2)cc2ccccc12. The summed E-state index contributed by atoms with van der Waals surface area (Å²) >= 11 is 0. The van der Waals surface area contributed by atoms with Crippen molar-refractivity contribution in [1.29, 1.82) is 0 Å². The van der Waals surface area contributed by atoms with E-state index >= 15 is 0 Å². The predicted octanol–water partition coefficient (Wildman–Crippen LogP) is 4.36. The Bertz CT molecular complexity index is 800. The van der Waals surface area contributed by atoms with Crippen molar-refractivity contribution in [2.24, 2.45) is 0 Å². The Labute approximate surface area is 119 Å². The van der Waals surface area contributed by atoms with Crippen molar-refractivity contribution in [3.63, 3.8) is 0 Å². The maximum absolute atomic E-state index is 12.6. The summed E-state index contributed by atoms with van der Waals surface area (Å²) in [6, 6.07) is 23.9. The molecule has 0 heterocycles. The molecule has 0 aliphatic heterocycles. The molecule has 0 saturated carbocycles. The lowest BCUT2D eigenvalue weighted by Crippen LogP contribution is -2.05. The zero-order chi connectivity index (χ0) is 14.2. The van der Waals surface area contributed by atoms with Gasteiger partial charge in [0.25, 0.3) is 0 Å². The van der Waals surface area contributed by atoms with Crippen LogP contribution in [0.2, 0.25) is 0 Å². The molecular formula is C18H15OP. The largest absolute Gasteiger partial charge is 0.319 e. The van der Waals surface area contributed by atoms with Gasteiger partial charge in [-0.15, -0.1) is 0 Å². The molecule has 0 aliphatic rings. The first kappa shape index (κ1) is 13.0. The van der Waals surface area contributed by atoms with Gasteiger partial charge in [0.15, 0.2) is 0 Å². The average molecular weight is 278 g/mol. The Balaban J connectivity index is 2.34. The quantitative estimate of drug-likeness (QED) is 0.637. The van der Waals surface area contributed by atoms with Gasteiger partial charge in [0.2, 0.25) is 0 Å². The molecule has 0 amide bonds. The molecule has 2 heteroatoms. The van der Waals surface area contributed by atoms with Gasteiger partial charge in [0.05, 0.1) is 0 Å². The lowest BCUT2D eigenvalue weighted by molar-refractivity contribution is 0.588. The second kappa shape index (κ2) is 4.82. The Morgan fingerprint density at radius 2 is 1.75 bits per heavy atom. The first-order chi connectivity index (χ1) is 9.55. The van der Waals surface area contributed by atoms with Crippen LogP contribution in [0, 0.1) is 12.1 Å². The van der Waals surface area contributed by atoms with Crippen LogP contribution in [0.25, 0.3) is 21.9 Å². The number of hydrogen-bond acceptors (Lipinski definition) is 1. The monoisotopic (exact) mass is 278 g/mol. The first-order valence-electron chi connectivity index (χ1n) is 6.52. The summed E-state index contributed by atoms with van der Waals surface area (Å²) in [5.74, 6) is 0. The fourth-order valence-electron chi connectivity index (χ4n) is 2.43. The highest BCUT2D eigenvalue weighted by atomic mass is 31.2.